The Morgan fingerprint density at radius 1 is 1.18 bits per heavy atom. The summed E-state index contributed by atoms with van der Waals surface area (Å²) in [6.45, 7) is 7.03. The number of rotatable bonds is 7. The molecule has 4 heterocycles. The average Bonchev–Trinajstić information content (AvgIpc) is 3.18. The maximum absolute atomic E-state index is 14.6. The number of halogens is 2. The minimum Gasteiger partial charge on any atom is -0.368 e. The Balaban J connectivity index is 1.48. The fourth-order valence-corrected chi connectivity index (χ4v) is 6.53. The molecule has 1 saturated heterocycles. The molecule has 0 spiro atoms. The third-order valence-electron chi connectivity index (χ3n) is 7.11. The molecule has 0 radical (unpaired) electrons. The van der Waals surface area contributed by atoms with Gasteiger partial charge in [0, 0.05) is 55.3 Å². The molecule has 1 aliphatic heterocycles. The molecule has 2 atom stereocenters. The van der Waals surface area contributed by atoms with Gasteiger partial charge in [-0.05, 0) is 48.1 Å². The van der Waals surface area contributed by atoms with Gasteiger partial charge >= 0.3 is 0 Å². The fourth-order valence-electron chi connectivity index (χ4n) is 5.11. The van der Waals surface area contributed by atoms with Crippen molar-refractivity contribution in [2.24, 2.45) is 13.0 Å². The zero-order valence-electron chi connectivity index (χ0n) is 21.9. The Morgan fingerprint density at radius 2 is 1.95 bits per heavy atom. The maximum atomic E-state index is 14.6. The van der Waals surface area contributed by atoms with Crippen LogP contribution in [0.4, 0.5) is 21.7 Å². The lowest BCUT2D eigenvalue weighted by Gasteiger charge is -2.48. The Morgan fingerprint density at radius 3 is 2.58 bits per heavy atom. The Bertz CT molecular complexity index is 1640. The Kier molecular flexibility index (Phi) is 6.81. The van der Waals surface area contributed by atoms with Crippen LogP contribution in [-0.4, -0.2) is 52.8 Å². The van der Waals surface area contributed by atoms with Gasteiger partial charge in [0.1, 0.15) is 33.0 Å². The van der Waals surface area contributed by atoms with E-state index in [4.69, 9.17) is 11.6 Å². The van der Waals surface area contributed by atoms with Crippen molar-refractivity contribution >= 4 is 49.5 Å². The van der Waals surface area contributed by atoms with Crippen molar-refractivity contribution in [1.29, 1.82) is 0 Å². The fraction of sp³-hybridized carbons (Fsp3) is 0.370. The number of hydrogen-bond donors (Lipinski definition) is 1. The molecule has 11 heteroatoms. The van der Waals surface area contributed by atoms with Crippen molar-refractivity contribution in [2.75, 3.05) is 28.8 Å². The first-order valence-corrected chi connectivity index (χ1v) is 14.8. The third kappa shape index (κ3) is 5.07. The zero-order valence-corrected chi connectivity index (χ0v) is 23.5. The van der Waals surface area contributed by atoms with Crippen LogP contribution in [0, 0.1) is 11.7 Å². The van der Waals surface area contributed by atoms with Crippen molar-refractivity contribution in [2.45, 2.75) is 32.7 Å². The number of nitrogens with one attached hydrogen (secondary N) is 1. The number of sulfone groups is 1. The molecule has 200 valence electrons. The molecule has 3 aromatic heterocycles. The summed E-state index contributed by atoms with van der Waals surface area (Å²) < 4.78 is 39.7. The van der Waals surface area contributed by atoms with Gasteiger partial charge in [0.15, 0.2) is 5.15 Å². The molecule has 1 N–H and O–H groups in total. The maximum Gasteiger partial charge on any atom is 0.160 e. The van der Waals surface area contributed by atoms with E-state index in [0.29, 0.717) is 23.7 Å². The first-order valence-electron chi connectivity index (χ1n) is 12.4. The zero-order chi connectivity index (χ0) is 27.4. The summed E-state index contributed by atoms with van der Waals surface area (Å²) in [5.74, 6) is 1.07. The Hall–Kier alpha value is -3.24. The van der Waals surface area contributed by atoms with E-state index in [1.807, 2.05) is 12.3 Å². The molecular weight excluding hydrogens is 527 g/mol. The molecule has 0 aliphatic carbocycles. The molecule has 0 amide bonds. The highest BCUT2D eigenvalue weighted by atomic mass is 35.5. The molecule has 5 rings (SSSR count). The predicted octanol–water partition coefficient (Wildman–Crippen LogP) is 5.56. The standard InChI is InChI=1S/C27H30ClFN6O2S/c1-15(2)18-6-8-23(35-12-17(16(35)3)14-38(5,36)37)20-11-30-25(10-19(18)20)31-24-9-7-22(29)26(32-24)21-13-34(4)33-27(21)28/h6-11,13,15-17H,12,14H2,1-5H3,(H,30,31,32)/t16-,17-/m1/s1. The van der Waals surface area contributed by atoms with Crippen molar-refractivity contribution < 1.29 is 12.8 Å². The normalized spacial score (nSPS) is 17.7. The number of benzene rings is 1. The predicted molar refractivity (Wildman–Crippen MR) is 151 cm³/mol. The van der Waals surface area contributed by atoms with Crippen molar-refractivity contribution in [1.82, 2.24) is 19.7 Å². The van der Waals surface area contributed by atoms with Gasteiger partial charge in [0.2, 0.25) is 0 Å². The molecule has 1 fully saturated rings. The van der Waals surface area contributed by atoms with Gasteiger partial charge < -0.3 is 10.2 Å². The smallest absolute Gasteiger partial charge is 0.160 e. The van der Waals surface area contributed by atoms with Gasteiger partial charge in [-0.1, -0.05) is 31.5 Å². The van der Waals surface area contributed by atoms with Crippen LogP contribution in [-0.2, 0) is 16.9 Å². The van der Waals surface area contributed by atoms with Crippen LogP contribution in [0.5, 0.6) is 0 Å². The number of aryl methyl sites for hydroxylation is 1. The van der Waals surface area contributed by atoms with Crippen LogP contribution in [0.1, 0.15) is 32.3 Å². The van der Waals surface area contributed by atoms with E-state index in [0.717, 1.165) is 16.5 Å². The molecule has 0 bridgehead atoms. The van der Waals surface area contributed by atoms with Gasteiger partial charge in [-0.25, -0.2) is 22.8 Å². The van der Waals surface area contributed by atoms with Crippen molar-refractivity contribution in [3.63, 3.8) is 0 Å². The van der Waals surface area contributed by atoms with Gasteiger partial charge in [0.25, 0.3) is 0 Å². The van der Waals surface area contributed by atoms with E-state index in [1.54, 1.807) is 19.3 Å². The van der Waals surface area contributed by atoms with Crippen LogP contribution in [0.25, 0.3) is 22.0 Å². The number of fused-ring (bicyclic) bond motifs is 1. The Labute approximate surface area is 226 Å². The molecule has 4 aromatic rings. The molecule has 38 heavy (non-hydrogen) atoms. The summed E-state index contributed by atoms with van der Waals surface area (Å²) in [5.41, 5.74) is 2.72. The number of aromatic nitrogens is 4. The number of pyridine rings is 2. The molecule has 0 saturated carbocycles. The molecule has 0 unspecified atom stereocenters. The summed E-state index contributed by atoms with van der Waals surface area (Å²) in [4.78, 5) is 11.3. The summed E-state index contributed by atoms with van der Waals surface area (Å²) in [6, 6.07) is 9.21. The van der Waals surface area contributed by atoms with E-state index < -0.39 is 15.7 Å². The van der Waals surface area contributed by atoms with Crippen LogP contribution >= 0.6 is 11.6 Å². The minimum atomic E-state index is -3.03. The van der Waals surface area contributed by atoms with Crippen molar-refractivity contribution in [3.8, 4) is 11.3 Å². The molecule has 1 aromatic carbocycles. The summed E-state index contributed by atoms with van der Waals surface area (Å²) in [6.07, 6.45) is 4.75. The quantitative estimate of drug-likeness (QED) is 0.318. The number of anilines is 3. The second-order valence-electron chi connectivity index (χ2n) is 10.3. The SMILES string of the molecule is CC(C)c1ccc(N2C[C@H](CS(C)(=O)=O)[C@H]2C)c2cnc(Nc3ccc(F)c(-c4cn(C)nc4Cl)n3)cc12. The first-order chi connectivity index (χ1) is 17.9. The molecular formula is C27H30ClFN6O2S. The van der Waals surface area contributed by atoms with Gasteiger partial charge in [-0.2, -0.15) is 5.10 Å². The number of nitrogens with zero attached hydrogens (tertiary/aromatic N) is 5. The lowest BCUT2D eigenvalue weighted by atomic mass is 9.88. The monoisotopic (exact) mass is 556 g/mol. The highest BCUT2D eigenvalue weighted by molar-refractivity contribution is 7.90. The highest BCUT2D eigenvalue weighted by Gasteiger charge is 2.38. The second-order valence-corrected chi connectivity index (χ2v) is 12.9. The van der Waals surface area contributed by atoms with Crippen LogP contribution in [0.3, 0.4) is 0 Å². The van der Waals surface area contributed by atoms with Crippen LogP contribution in [0.15, 0.2) is 42.7 Å². The van der Waals surface area contributed by atoms with Gasteiger partial charge in [-0.3, -0.25) is 4.68 Å². The first kappa shape index (κ1) is 26.4. The van der Waals surface area contributed by atoms with Crippen molar-refractivity contribution in [3.05, 3.63) is 59.3 Å². The molecule has 8 nitrogen and oxygen atoms in total. The van der Waals surface area contributed by atoms with E-state index in [9.17, 15) is 12.8 Å². The highest BCUT2D eigenvalue weighted by Crippen LogP contribution is 2.39. The largest absolute Gasteiger partial charge is 0.368 e. The summed E-state index contributed by atoms with van der Waals surface area (Å²) in [5, 5.41) is 9.50. The van der Waals surface area contributed by atoms with Gasteiger partial charge in [-0.15, -0.1) is 0 Å². The average molecular weight is 557 g/mol. The van der Waals surface area contributed by atoms with Crippen LogP contribution < -0.4 is 10.2 Å². The third-order valence-corrected chi connectivity index (χ3v) is 8.42. The molecule has 1 aliphatic rings. The topological polar surface area (TPSA) is 93.0 Å². The van der Waals surface area contributed by atoms with Crippen LogP contribution in [0.2, 0.25) is 5.15 Å². The van der Waals surface area contributed by atoms with Gasteiger partial charge in [0.05, 0.1) is 11.3 Å². The van der Waals surface area contributed by atoms with E-state index in [1.165, 1.54) is 22.6 Å². The minimum absolute atomic E-state index is 0.103. The lowest BCUT2D eigenvalue weighted by molar-refractivity contribution is 0.342. The lowest BCUT2D eigenvalue weighted by Crippen LogP contribution is -2.57. The van der Waals surface area contributed by atoms with E-state index >= 15 is 0 Å². The van der Waals surface area contributed by atoms with E-state index in [2.05, 4.69) is 58.2 Å². The number of hydrogen-bond acceptors (Lipinski definition) is 7. The summed E-state index contributed by atoms with van der Waals surface area (Å²) >= 11 is 6.18. The summed E-state index contributed by atoms with van der Waals surface area (Å²) in [7, 11) is -1.32. The second kappa shape index (κ2) is 9.81. The van der Waals surface area contributed by atoms with E-state index in [-0.39, 0.29) is 34.5 Å².